The van der Waals surface area contributed by atoms with Crippen molar-refractivity contribution in [3.63, 3.8) is 0 Å². The van der Waals surface area contributed by atoms with E-state index in [2.05, 4.69) is 17.3 Å². The van der Waals surface area contributed by atoms with E-state index >= 15 is 0 Å². The molecule has 1 aliphatic carbocycles. The van der Waals surface area contributed by atoms with Gasteiger partial charge in [-0.25, -0.2) is 0 Å². The van der Waals surface area contributed by atoms with E-state index in [0.717, 1.165) is 51.7 Å². The third-order valence-corrected chi connectivity index (χ3v) is 5.08. The Balaban J connectivity index is 1.70. The normalized spacial score (nSPS) is 30.9. The smallest absolute Gasteiger partial charge is 0.248 e. The molecule has 5 heteroatoms. The van der Waals surface area contributed by atoms with Crippen molar-refractivity contribution in [1.29, 1.82) is 0 Å². The first kappa shape index (κ1) is 13.9. The van der Waals surface area contributed by atoms with Crippen LogP contribution in [0.2, 0.25) is 0 Å². The number of piperazine rings is 1. The third kappa shape index (κ3) is 2.55. The minimum absolute atomic E-state index is 0.0258. The number of rotatable bonds is 2. The van der Waals surface area contributed by atoms with E-state index in [0.29, 0.717) is 5.92 Å². The number of nitrogens with zero attached hydrogens (tertiary/aromatic N) is 2. The first-order valence-corrected chi connectivity index (χ1v) is 7.88. The summed E-state index contributed by atoms with van der Waals surface area (Å²) in [7, 11) is 2.12. The van der Waals surface area contributed by atoms with E-state index in [4.69, 9.17) is 0 Å². The molecule has 20 heavy (non-hydrogen) atoms. The van der Waals surface area contributed by atoms with E-state index in [1.165, 1.54) is 6.42 Å². The Bertz CT molecular complexity index is 404. The Labute approximate surface area is 120 Å². The molecule has 1 unspecified atom stereocenters. The van der Waals surface area contributed by atoms with Crippen molar-refractivity contribution in [2.24, 2.45) is 5.92 Å². The summed E-state index contributed by atoms with van der Waals surface area (Å²) >= 11 is 0. The second-order valence-electron chi connectivity index (χ2n) is 6.79. The van der Waals surface area contributed by atoms with Gasteiger partial charge >= 0.3 is 0 Å². The van der Waals surface area contributed by atoms with Gasteiger partial charge in [-0.2, -0.15) is 0 Å². The number of likely N-dealkylation sites (tertiary alicyclic amines) is 1. The van der Waals surface area contributed by atoms with Crippen LogP contribution in [0.4, 0.5) is 0 Å². The zero-order valence-electron chi connectivity index (χ0n) is 12.4. The Hall–Kier alpha value is -1.10. The van der Waals surface area contributed by atoms with Crippen LogP contribution in [0, 0.1) is 5.92 Å². The predicted octanol–water partition coefficient (Wildman–Crippen LogP) is 0.599. The largest absolute Gasteiger partial charge is 0.340 e. The minimum Gasteiger partial charge on any atom is -0.340 e. The molecule has 3 aliphatic rings. The van der Waals surface area contributed by atoms with Crippen molar-refractivity contribution in [1.82, 2.24) is 15.1 Å². The fraction of sp³-hybridized carbons (Fsp3) is 0.867. The fourth-order valence-corrected chi connectivity index (χ4v) is 4.04. The minimum atomic E-state index is -0.571. The summed E-state index contributed by atoms with van der Waals surface area (Å²) in [5, 5.41) is 3.00. The Morgan fingerprint density at radius 3 is 2.65 bits per heavy atom. The fourth-order valence-electron chi connectivity index (χ4n) is 4.04. The van der Waals surface area contributed by atoms with Gasteiger partial charge in [-0.05, 0) is 38.8 Å². The summed E-state index contributed by atoms with van der Waals surface area (Å²) in [6.45, 7) is 3.14. The number of hydrogen-bond donors (Lipinski definition) is 1. The van der Waals surface area contributed by atoms with Crippen LogP contribution in [0.3, 0.4) is 0 Å². The summed E-state index contributed by atoms with van der Waals surface area (Å²) < 4.78 is 0. The van der Waals surface area contributed by atoms with Crippen molar-refractivity contribution in [3.05, 3.63) is 0 Å². The first-order chi connectivity index (χ1) is 9.59. The average molecular weight is 279 g/mol. The molecule has 1 saturated carbocycles. The van der Waals surface area contributed by atoms with Crippen LogP contribution in [0.15, 0.2) is 0 Å². The van der Waals surface area contributed by atoms with Gasteiger partial charge in [0.1, 0.15) is 5.54 Å². The van der Waals surface area contributed by atoms with Crippen LogP contribution in [-0.4, -0.2) is 60.4 Å². The van der Waals surface area contributed by atoms with Gasteiger partial charge in [0.2, 0.25) is 11.8 Å². The molecule has 1 atom stereocenters. The zero-order valence-corrected chi connectivity index (χ0v) is 12.4. The highest BCUT2D eigenvalue weighted by atomic mass is 16.2. The van der Waals surface area contributed by atoms with Crippen LogP contribution in [0.5, 0.6) is 0 Å². The topological polar surface area (TPSA) is 52.6 Å². The van der Waals surface area contributed by atoms with Gasteiger partial charge in [0.05, 0.1) is 6.54 Å². The first-order valence-electron chi connectivity index (χ1n) is 7.88. The van der Waals surface area contributed by atoms with Gasteiger partial charge in [0, 0.05) is 13.1 Å². The molecule has 2 amide bonds. The summed E-state index contributed by atoms with van der Waals surface area (Å²) in [6.07, 6.45) is 6.04. The molecule has 112 valence electrons. The van der Waals surface area contributed by atoms with Crippen LogP contribution in [0.1, 0.15) is 38.5 Å². The third-order valence-electron chi connectivity index (χ3n) is 5.08. The summed E-state index contributed by atoms with van der Waals surface area (Å²) in [6, 6.07) is 0. The molecular weight excluding hydrogens is 254 g/mol. The Kier molecular flexibility index (Phi) is 3.71. The van der Waals surface area contributed by atoms with Crippen LogP contribution in [-0.2, 0) is 9.59 Å². The van der Waals surface area contributed by atoms with Crippen molar-refractivity contribution >= 4 is 11.8 Å². The maximum absolute atomic E-state index is 12.8. The second kappa shape index (κ2) is 5.35. The maximum Gasteiger partial charge on any atom is 0.248 e. The lowest BCUT2D eigenvalue weighted by atomic mass is 9.79. The van der Waals surface area contributed by atoms with Crippen molar-refractivity contribution < 1.29 is 9.59 Å². The molecule has 1 spiro atoms. The van der Waals surface area contributed by atoms with Gasteiger partial charge < -0.3 is 15.1 Å². The SMILES string of the molecule is CN1CCC(CN2CC(=O)NC3(CCCCC3)C2=O)C1. The van der Waals surface area contributed by atoms with E-state index in [1.54, 1.807) is 0 Å². The molecule has 0 bridgehead atoms. The monoisotopic (exact) mass is 279 g/mol. The van der Waals surface area contributed by atoms with Crippen molar-refractivity contribution in [2.45, 2.75) is 44.1 Å². The quantitative estimate of drug-likeness (QED) is 0.805. The standard InChI is InChI=1S/C15H25N3O2/c1-17-8-5-12(9-17)10-18-11-13(19)16-15(14(18)20)6-3-2-4-7-15/h12H,2-11H2,1H3,(H,16,19). The molecule has 3 fully saturated rings. The number of amides is 2. The Morgan fingerprint density at radius 1 is 1.25 bits per heavy atom. The molecule has 1 N–H and O–H groups in total. The van der Waals surface area contributed by atoms with Gasteiger partial charge in [-0.1, -0.05) is 19.3 Å². The van der Waals surface area contributed by atoms with Gasteiger partial charge in [-0.15, -0.1) is 0 Å². The lowest BCUT2D eigenvalue weighted by Gasteiger charge is -2.44. The summed E-state index contributed by atoms with van der Waals surface area (Å²) in [5.41, 5.74) is -0.571. The highest BCUT2D eigenvalue weighted by Crippen LogP contribution is 2.32. The molecule has 2 heterocycles. The number of hydrogen-bond acceptors (Lipinski definition) is 3. The van der Waals surface area contributed by atoms with Gasteiger partial charge in [0.15, 0.2) is 0 Å². The molecule has 0 aromatic heterocycles. The molecule has 2 aliphatic heterocycles. The molecule has 5 nitrogen and oxygen atoms in total. The lowest BCUT2D eigenvalue weighted by molar-refractivity contribution is -0.152. The van der Waals surface area contributed by atoms with E-state index < -0.39 is 5.54 Å². The number of nitrogens with one attached hydrogen (secondary N) is 1. The van der Waals surface area contributed by atoms with Crippen LogP contribution >= 0.6 is 0 Å². The highest BCUT2D eigenvalue weighted by molar-refractivity contribution is 5.98. The molecule has 3 rings (SSSR count). The maximum atomic E-state index is 12.8. The van der Waals surface area contributed by atoms with E-state index in [9.17, 15) is 9.59 Å². The van der Waals surface area contributed by atoms with Gasteiger partial charge in [-0.3, -0.25) is 9.59 Å². The molecule has 0 radical (unpaired) electrons. The molecule has 0 aromatic carbocycles. The Morgan fingerprint density at radius 2 is 2.00 bits per heavy atom. The predicted molar refractivity (Wildman–Crippen MR) is 76.1 cm³/mol. The highest BCUT2D eigenvalue weighted by Gasteiger charge is 2.47. The molecule has 0 aromatic rings. The van der Waals surface area contributed by atoms with E-state index in [1.807, 2.05) is 4.90 Å². The second-order valence-corrected chi connectivity index (χ2v) is 6.79. The van der Waals surface area contributed by atoms with Crippen molar-refractivity contribution in [2.75, 3.05) is 33.2 Å². The number of carbonyl (C=O) groups excluding carboxylic acids is 2. The van der Waals surface area contributed by atoms with Gasteiger partial charge in [0.25, 0.3) is 0 Å². The van der Waals surface area contributed by atoms with E-state index in [-0.39, 0.29) is 18.4 Å². The summed E-state index contributed by atoms with van der Waals surface area (Å²) in [4.78, 5) is 29.0. The van der Waals surface area contributed by atoms with Crippen LogP contribution < -0.4 is 5.32 Å². The average Bonchev–Trinajstić information content (AvgIpc) is 2.82. The van der Waals surface area contributed by atoms with Crippen molar-refractivity contribution in [3.8, 4) is 0 Å². The molecule has 2 saturated heterocycles. The van der Waals surface area contributed by atoms with Crippen LogP contribution in [0.25, 0.3) is 0 Å². The summed E-state index contributed by atoms with van der Waals surface area (Å²) in [5.74, 6) is 0.722. The zero-order chi connectivity index (χ0) is 14.2. The number of carbonyl (C=O) groups is 2. The molecular formula is C15H25N3O2. The lowest BCUT2D eigenvalue weighted by Crippen LogP contribution is -2.67.